The molecule has 1 N–H and O–H groups in total. The quantitative estimate of drug-likeness (QED) is 0.411. The molecule has 0 unspecified atom stereocenters. The van der Waals surface area contributed by atoms with Gasteiger partial charge in [0.05, 0.1) is 24.0 Å². The molecule has 0 saturated heterocycles. The Labute approximate surface area is 190 Å². The summed E-state index contributed by atoms with van der Waals surface area (Å²) in [5.74, 6) is 0.913. The largest absolute Gasteiger partial charge is 0.488 e. The summed E-state index contributed by atoms with van der Waals surface area (Å²) in [7, 11) is 0. The highest BCUT2D eigenvalue weighted by Gasteiger charge is 2.21. The molecule has 0 saturated carbocycles. The summed E-state index contributed by atoms with van der Waals surface area (Å²) in [6, 6.07) is 13.5. The van der Waals surface area contributed by atoms with Gasteiger partial charge in [0.15, 0.2) is 5.69 Å². The molecule has 4 rings (SSSR count). The molecular weight excluding hydrogens is 428 g/mol. The summed E-state index contributed by atoms with van der Waals surface area (Å²) < 4.78 is 12.9. The predicted octanol–water partition coefficient (Wildman–Crippen LogP) is 5.33. The van der Waals surface area contributed by atoms with Gasteiger partial charge in [0.25, 0.3) is 5.91 Å². The summed E-state index contributed by atoms with van der Waals surface area (Å²) in [6.45, 7) is 6.51. The molecule has 0 radical (unpaired) electrons. The maximum Gasteiger partial charge on any atom is 0.278 e. The molecule has 0 bridgehead atoms. The van der Waals surface area contributed by atoms with Gasteiger partial charge in [-0.1, -0.05) is 46.6 Å². The van der Waals surface area contributed by atoms with Gasteiger partial charge in [-0.05, 0) is 50.1 Å². The molecule has 0 atom stereocenters. The molecule has 0 aliphatic heterocycles. The fourth-order valence-corrected chi connectivity index (χ4v) is 3.46. The SMILES string of the molecule is Cc1ccc(OCc2c(C(=O)Nc3cnn(Cc4ccc(Cl)cc4)c3)noc2C)c(C)c1. The summed E-state index contributed by atoms with van der Waals surface area (Å²) in [4.78, 5) is 12.8. The van der Waals surface area contributed by atoms with Gasteiger partial charge in [0, 0.05) is 11.2 Å². The minimum absolute atomic E-state index is 0.178. The van der Waals surface area contributed by atoms with E-state index in [1.807, 2.05) is 56.3 Å². The van der Waals surface area contributed by atoms with E-state index in [0.29, 0.717) is 28.6 Å². The summed E-state index contributed by atoms with van der Waals surface area (Å²) in [6.07, 6.45) is 3.35. The van der Waals surface area contributed by atoms with E-state index in [-0.39, 0.29) is 18.2 Å². The van der Waals surface area contributed by atoms with Crippen molar-refractivity contribution in [1.82, 2.24) is 14.9 Å². The van der Waals surface area contributed by atoms with Crippen LogP contribution in [0.4, 0.5) is 5.69 Å². The Morgan fingerprint density at radius 3 is 2.69 bits per heavy atom. The monoisotopic (exact) mass is 450 g/mol. The molecule has 2 aromatic carbocycles. The van der Waals surface area contributed by atoms with Crippen LogP contribution in [0.1, 0.15) is 38.5 Å². The third-order valence-electron chi connectivity index (χ3n) is 5.05. The molecule has 2 aromatic heterocycles. The second kappa shape index (κ2) is 9.28. The normalized spacial score (nSPS) is 10.9. The van der Waals surface area contributed by atoms with E-state index in [9.17, 15) is 4.79 Å². The second-order valence-corrected chi connectivity index (χ2v) is 8.07. The molecule has 0 spiro atoms. The standard InChI is InChI=1S/C24H23ClN4O3/c1-15-4-9-22(16(2)10-15)31-14-21-17(3)32-28-23(21)24(30)27-20-11-26-29(13-20)12-18-5-7-19(25)8-6-18/h4-11,13H,12,14H2,1-3H3,(H,27,30). The minimum atomic E-state index is -0.382. The van der Waals surface area contributed by atoms with Crippen LogP contribution in [0.25, 0.3) is 0 Å². The van der Waals surface area contributed by atoms with Crippen LogP contribution in [0, 0.1) is 20.8 Å². The summed E-state index contributed by atoms with van der Waals surface area (Å²) >= 11 is 5.93. The molecule has 8 heteroatoms. The smallest absolute Gasteiger partial charge is 0.278 e. The number of hydrogen-bond donors (Lipinski definition) is 1. The number of rotatable bonds is 7. The number of halogens is 1. The Balaban J connectivity index is 1.43. The van der Waals surface area contributed by atoms with Crippen LogP contribution < -0.4 is 10.1 Å². The van der Waals surface area contributed by atoms with Crippen LogP contribution in [0.2, 0.25) is 5.02 Å². The van der Waals surface area contributed by atoms with Crippen molar-refractivity contribution < 1.29 is 14.1 Å². The van der Waals surface area contributed by atoms with E-state index >= 15 is 0 Å². The Morgan fingerprint density at radius 1 is 1.16 bits per heavy atom. The first-order valence-corrected chi connectivity index (χ1v) is 10.5. The Morgan fingerprint density at radius 2 is 1.94 bits per heavy atom. The molecule has 1 amide bonds. The molecule has 32 heavy (non-hydrogen) atoms. The predicted molar refractivity (Wildman–Crippen MR) is 122 cm³/mol. The fourth-order valence-electron chi connectivity index (χ4n) is 3.33. The van der Waals surface area contributed by atoms with Crippen LogP contribution in [0.5, 0.6) is 5.75 Å². The number of ether oxygens (including phenoxy) is 1. The zero-order valence-electron chi connectivity index (χ0n) is 18.1. The Kier molecular flexibility index (Phi) is 6.28. The molecule has 0 fully saturated rings. The van der Waals surface area contributed by atoms with E-state index < -0.39 is 0 Å². The molecule has 164 valence electrons. The highest BCUT2D eigenvalue weighted by Crippen LogP contribution is 2.23. The van der Waals surface area contributed by atoms with Crippen LogP contribution in [0.15, 0.2) is 59.4 Å². The van der Waals surface area contributed by atoms with Gasteiger partial charge in [-0.3, -0.25) is 9.48 Å². The number of carbonyl (C=O) groups excluding carboxylic acids is 1. The van der Waals surface area contributed by atoms with E-state index in [1.54, 1.807) is 24.0 Å². The van der Waals surface area contributed by atoms with Crippen molar-refractivity contribution >= 4 is 23.2 Å². The van der Waals surface area contributed by atoms with E-state index in [2.05, 4.69) is 15.6 Å². The number of carbonyl (C=O) groups is 1. The van der Waals surface area contributed by atoms with Crippen molar-refractivity contribution in [2.75, 3.05) is 5.32 Å². The second-order valence-electron chi connectivity index (χ2n) is 7.63. The lowest BCUT2D eigenvalue weighted by atomic mass is 10.1. The number of amides is 1. The Bertz CT molecular complexity index is 1240. The fraction of sp³-hybridized carbons (Fsp3) is 0.208. The van der Waals surface area contributed by atoms with Crippen molar-refractivity contribution in [3.8, 4) is 5.75 Å². The number of nitrogens with one attached hydrogen (secondary N) is 1. The first-order chi connectivity index (χ1) is 15.4. The van der Waals surface area contributed by atoms with Crippen molar-refractivity contribution in [2.24, 2.45) is 0 Å². The molecule has 2 heterocycles. The van der Waals surface area contributed by atoms with Crippen LogP contribution in [0.3, 0.4) is 0 Å². The van der Waals surface area contributed by atoms with E-state index in [0.717, 1.165) is 22.4 Å². The number of nitrogens with zero attached hydrogens (tertiary/aromatic N) is 3. The summed E-state index contributed by atoms with van der Waals surface area (Å²) in [5, 5.41) is 11.7. The van der Waals surface area contributed by atoms with Crippen molar-refractivity contribution in [3.63, 3.8) is 0 Å². The maximum absolute atomic E-state index is 12.8. The average molecular weight is 451 g/mol. The highest BCUT2D eigenvalue weighted by molar-refractivity contribution is 6.30. The van der Waals surface area contributed by atoms with Crippen molar-refractivity contribution in [3.05, 3.63) is 93.6 Å². The molecular formula is C24H23ClN4O3. The number of anilines is 1. The van der Waals surface area contributed by atoms with Gasteiger partial charge < -0.3 is 14.6 Å². The minimum Gasteiger partial charge on any atom is -0.488 e. The van der Waals surface area contributed by atoms with Crippen LogP contribution in [-0.2, 0) is 13.2 Å². The Hall–Kier alpha value is -3.58. The highest BCUT2D eigenvalue weighted by atomic mass is 35.5. The van der Waals surface area contributed by atoms with Crippen LogP contribution >= 0.6 is 11.6 Å². The first-order valence-electron chi connectivity index (χ1n) is 10.1. The van der Waals surface area contributed by atoms with Gasteiger partial charge >= 0.3 is 0 Å². The van der Waals surface area contributed by atoms with Gasteiger partial charge in [-0.2, -0.15) is 5.10 Å². The third-order valence-corrected chi connectivity index (χ3v) is 5.30. The molecule has 4 aromatic rings. The van der Waals surface area contributed by atoms with Gasteiger partial charge in [-0.25, -0.2) is 0 Å². The first kappa shape index (κ1) is 21.6. The van der Waals surface area contributed by atoms with Gasteiger partial charge in [0.1, 0.15) is 18.1 Å². The molecule has 0 aliphatic carbocycles. The lowest BCUT2D eigenvalue weighted by Gasteiger charge is -2.10. The van der Waals surface area contributed by atoms with Gasteiger partial charge in [0.2, 0.25) is 0 Å². The number of benzene rings is 2. The number of aromatic nitrogens is 3. The zero-order chi connectivity index (χ0) is 22.7. The lowest BCUT2D eigenvalue weighted by Crippen LogP contribution is -2.15. The topological polar surface area (TPSA) is 82.2 Å². The summed E-state index contributed by atoms with van der Waals surface area (Å²) in [5.41, 5.74) is 4.60. The average Bonchev–Trinajstić information content (AvgIpc) is 3.35. The van der Waals surface area contributed by atoms with E-state index in [4.69, 9.17) is 20.9 Å². The zero-order valence-corrected chi connectivity index (χ0v) is 18.8. The number of hydrogen-bond acceptors (Lipinski definition) is 5. The van der Waals surface area contributed by atoms with E-state index in [1.165, 1.54) is 0 Å². The van der Waals surface area contributed by atoms with Crippen molar-refractivity contribution in [1.29, 1.82) is 0 Å². The molecule has 7 nitrogen and oxygen atoms in total. The maximum atomic E-state index is 12.8. The van der Waals surface area contributed by atoms with Crippen molar-refractivity contribution in [2.45, 2.75) is 33.9 Å². The van der Waals surface area contributed by atoms with Gasteiger partial charge in [-0.15, -0.1) is 0 Å². The lowest BCUT2D eigenvalue weighted by molar-refractivity contribution is 0.101. The third kappa shape index (κ3) is 5.00. The number of aryl methyl sites for hydroxylation is 3. The van der Waals surface area contributed by atoms with Crippen LogP contribution in [-0.4, -0.2) is 20.8 Å². The molecule has 0 aliphatic rings.